The Bertz CT molecular complexity index is 544. The number of ether oxygens (including phenoxy) is 1. The van der Waals surface area contributed by atoms with E-state index in [0.717, 1.165) is 15.0 Å². The van der Waals surface area contributed by atoms with Gasteiger partial charge in [0.1, 0.15) is 4.60 Å². The van der Waals surface area contributed by atoms with E-state index >= 15 is 0 Å². The lowest BCUT2D eigenvalue weighted by molar-refractivity contribution is 0.386. The highest BCUT2D eigenvalue weighted by molar-refractivity contribution is 9.10. The average Bonchev–Trinajstić information content (AvgIpc) is 2.58. The van der Waals surface area contributed by atoms with Gasteiger partial charge in [0.25, 0.3) is 0 Å². The lowest BCUT2D eigenvalue weighted by Gasteiger charge is -2.04. The fourth-order valence-electron chi connectivity index (χ4n) is 1.46. The van der Waals surface area contributed by atoms with E-state index in [1.807, 2.05) is 6.07 Å². The van der Waals surface area contributed by atoms with E-state index in [1.54, 1.807) is 6.07 Å². The van der Waals surface area contributed by atoms with Gasteiger partial charge >= 0.3 is 0 Å². The first-order valence-corrected chi connectivity index (χ1v) is 6.44. The molecule has 0 saturated heterocycles. The number of thiazole rings is 1. The van der Waals surface area contributed by atoms with Gasteiger partial charge in [0, 0.05) is 11.3 Å². The lowest BCUT2D eigenvalue weighted by atomic mass is 10.1. The molecule has 0 bridgehead atoms. The Morgan fingerprint density at radius 3 is 2.82 bits per heavy atom. The van der Waals surface area contributed by atoms with Crippen LogP contribution in [0.4, 0.5) is 9.52 Å². The minimum atomic E-state index is -0.362. The maximum Gasteiger partial charge on any atom is 0.181 e. The van der Waals surface area contributed by atoms with Gasteiger partial charge in [-0.15, -0.1) is 11.3 Å². The van der Waals surface area contributed by atoms with Crippen LogP contribution >= 0.6 is 27.3 Å². The standard InChI is InChI=1S/C11H10BrFN2OS/c1-16-8-3-2-6(4-7(8)13)5-9-10(12)15-11(14)17-9/h2-4H,5H2,1H3,(H2,14,15). The van der Waals surface area contributed by atoms with Crippen molar-refractivity contribution in [2.45, 2.75) is 6.42 Å². The van der Waals surface area contributed by atoms with Crippen LogP contribution in [0.3, 0.4) is 0 Å². The Morgan fingerprint density at radius 2 is 2.29 bits per heavy atom. The number of anilines is 1. The molecule has 17 heavy (non-hydrogen) atoms. The van der Waals surface area contributed by atoms with Gasteiger partial charge in [-0.1, -0.05) is 6.07 Å². The molecule has 0 fully saturated rings. The van der Waals surface area contributed by atoms with Crippen molar-refractivity contribution in [1.29, 1.82) is 0 Å². The average molecular weight is 317 g/mol. The second-order valence-corrected chi connectivity index (χ2v) is 5.28. The normalized spacial score (nSPS) is 10.5. The molecule has 3 nitrogen and oxygen atoms in total. The number of nitrogens with zero attached hydrogens (tertiary/aromatic N) is 1. The SMILES string of the molecule is COc1ccc(Cc2sc(N)nc2Br)cc1F. The third-order valence-corrected chi connectivity index (χ3v) is 4.05. The van der Waals surface area contributed by atoms with E-state index in [4.69, 9.17) is 10.5 Å². The van der Waals surface area contributed by atoms with Gasteiger partial charge in [-0.25, -0.2) is 9.37 Å². The highest BCUT2D eigenvalue weighted by Crippen LogP contribution is 2.28. The summed E-state index contributed by atoms with van der Waals surface area (Å²) in [5, 5.41) is 0.501. The zero-order chi connectivity index (χ0) is 12.4. The Balaban J connectivity index is 2.24. The van der Waals surface area contributed by atoms with E-state index in [0.29, 0.717) is 11.6 Å². The fourth-order valence-corrected chi connectivity index (χ4v) is 2.91. The minimum absolute atomic E-state index is 0.247. The largest absolute Gasteiger partial charge is 0.494 e. The van der Waals surface area contributed by atoms with E-state index in [1.165, 1.54) is 24.5 Å². The van der Waals surface area contributed by atoms with Crippen molar-refractivity contribution in [2.24, 2.45) is 0 Å². The van der Waals surface area contributed by atoms with Crippen molar-refractivity contribution < 1.29 is 9.13 Å². The Labute approximate surface area is 111 Å². The number of rotatable bonds is 3. The highest BCUT2D eigenvalue weighted by Gasteiger charge is 2.09. The number of nitrogens with two attached hydrogens (primary N) is 1. The van der Waals surface area contributed by atoms with Crippen molar-refractivity contribution in [3.8, 4) is 5.75 Å². The number of methoxy groups -OCH3 is 1. The fraction of sp³-hybridized carbons (Fsp3) is 0.182. The van der Waals surface area contributed by atoms with Gasteiger partial charge in [0.15, 0.2) is 16.7 Å². The number of hydrogen-bond donors (Lipinski definition) is 1. The maximum absolute atomic E-state index is 13.5. The molecule has 6 heteroatoms. The van der Waals surface area contributed by atoms with Gasteiger partial charge in [0.2, 0.25) is 0 Å². The van der Waals surface area contributed by atoms with Crippen LogP contribution in [0.25, 0.3) is 0 Å². The zero-order valence-electron chi connectivity index (χ0n) is 9.04. The summed E-state index contributed by atoms with van der Waals surface area (Å²) in [4.78, 5) is 5.04. The van der Waals surface area contributed by atoms with Crippen molar-refractivity contribution in [3.63, 3.8) is 0 Å². The zero-order valence-corrected chi connectivity index (χ0v) is 11.4. The van der Waals surface area contributed by atoms with Crippen LogP contribution in [-0.4, -0.2) is 12.1 Å². The van der Waals surface area contributed by atoms with Gasteiger partial charge in [-0.3, -0.25) is 0 Å². The molecule has 2 rings (SSSR count). The summed E-state index contributed by atoms with van der Waals surface area (Å²) in [7, 11) is 1.44. The molecule has 0 unspecified atom stereocenters. The van der Waals surface area contributed by atoms with Crippen molar-refractivity contribution in [1.82, 2.24) is 4.98 Å². The van der Waals surface area contributed by atoms with Crippen LogP contribution in [0.2, 0.25) is 0 Å². The summed E-state index contributed by atoms with van der Waals surface area (Å²) in [6.07, 6.45) is 0.594. The first kappa shape index (κ1) is 12.3. The molecule has 1 heterocycles. The Morgan fingerprint density at radius 1 is 1.53 bits per heavy atom. The van der Waals surface area contributed by atoms with Crippen molar-refractivity contribution in [3.05, 3.63) is 39.1 Å². The van der Waals surface area contributed by atoms with Gasteiger partial charge < -0.3 is 10.5 Å². The summed E-state index contributed by atoms with van der Waals surface area (Å²) in [5.74, 6) is -0.116. The third kappa shape index (κ3) is 2.76. The van der Waals surface area contributed by atoms with Crippen LogP contribution in [0, 0.1) is 5.82 Å². The number of halogens is 2. The van der Waals surface area contributed by atoms with E-state index in [2.05, 4.69) is 20.9 Å². The highest BCUT2D eigenvalue weighted by atomic mass is 79.9. The van der Waals surface area contributed by atoms with Crippen LogP contribution < -0.4 is 10.5 Å². The molecule has 1 aromatic heterocycles. The minimum Gasteiger partial charge on any atom is -0.494 e. The molecule has 0 radical (unpaired) electrons. The molecular formula is C11H10BrFN2OS. The predicted octanol–water partition coefficient (Wildman–Crippen LogP) is 3.23. The summed E-state index contributed by atoms with van der Waals surface area (Å²) >= 11 is 4.71. The van der Waals surface area contributed by atoms with E-state index < -0.39 is 0 Å². The van der Waals surface area contributed by atoms with Crippen molar-refractivity contribution in [2.75, 3.05) is 12.8 Å². The van der Waals surface area contributed by atoms with Gasteiger partial charge in [0.05, 0.1) is 7.11 Å². The lowest BCUT2D eigenvalue weighted by Crippen LogP contribution is -1.91. The molecule has 90 valence electrons. The number of nitrogen functional groups attached to an aromatic ring is 1. The van der Waals surface area contributed by atoms with Crippen molar-refractivity contribution >= 4 is 32.4 Å². The molecule has 1 aromatic carbocycles. The topological polar surface area (TPSA) is 48.1 Å². The number of benzene rings is 1. The molecule has 0 atom stereocenters. The second-order valence-electron chi connectivity index (χ2n) is 3.41. The maximum atomic E-state index is 13.5. The molecule has 2 aromatic rings. The number of hydrogen-bond acceptors (Lipinski definition) is 4. The van der Waals surface area contributed by atoms with E-state index in [9.17, 15) is 4.39 Å². The molecule has 2 N–H and O–H groups in total. The van der Waals surface area contributed by atoms with Crippen LogP contribution in [0.15, 0.2) is 22.8 Å². The monoisotopic (exact) mass is 316 g/mol. The molecule has 0 saturated carbocycles. The van der Waals surface area contributed by atoms with Gasteiger partial charge in [-0.05, 0) is 33.6 Å². The smallest absolute Gasteiger partial charge is 0.181 e. The third-order valence-electron chi connectivity index (χ3n) is 2.25. The summed E-state index contributed by atoms with van der Waals surface area (Å²) in [6, 6.07) is 4.90. The van der Waals surface area contributed by atoms with Crippen LogP contribution in [0.1, 0.15) is 10.4 Å². The van der Waals surface area contributed by atoms with Crippen LogP contribution in [-0.2, 0) is 6.42 Å². The van der Waals surface area contributed by atoms with E-state index in [-0.39, 0.29) is 11.6 Å². The second kappa shape index (κ2) is 5.01. The first-order valence-electron chi connectivity index (χ1n) is 4.83. The van der Waals surface area contributed by atoms with Gasteiger partial charge in [-0.2, -0.15) is 0 Å². The Hall–Kier alpha value is -1.14. The molecule has 0 amide bonds. The Kier molecular flexibility index (Phi) is 3.63. The van der Waals surface area contributed by atoms with Crippen LogP contribution in [0.5, 0.6) is 5.75 Å². The quantitative estimate of drug-likeness (QED) is 0.945. The molecule has 0 spiro atoms. The summed E-state index contributed by atoms with van der Waals surface area (Å²) in [6.45, 7) is 0. The molecule has 0 aliphatic rings. The predicted molar refractivity (Wildman–Crippen MR) is 70.0 cm³/mol. The first-order chi connectivity index (χ1) is 8.10. The summed E-state index contributed by atoms with van der Waals surface area (Å²) in [5.41, 5.74) is 6.45. The molecular weight excluding hydrogens is 307 g/mol. The molecule has 0 aliphatic heterocycles. The summed E-state index contributed by atoms with van der Waals surface area (Å²) < 4.78 is 19.1. The number of aromatic nitrogens is 1. The molecule has 0 aliphatic carbocycles.